The number of carbonyl (C=O) groups excluding carboxylic acids is 5. The molecule has 0 aliphatic carbocycles. The molecule has 1 unspecified atom stereocenters. The van der Waals surface area contributed by atoms with Gasteiger partial charge in [-0.25, -0.2) is 4.79 Å². The summed E-state index contributed by atoms with van der Waals surface area (Å²) in [5.41, 5.74) is 5.30. The van der Waals surface area contributed by atoms with Gasteiger partial charge in [-0.15, -0.1) is 0 Å². The van der Waals surface area contributed by atoms with Crippen LogP contribution in [0.3, 0.4) is 0 Å². The second kappa shape index (κ2) is 23.2. The predicted molar refractivity (Wildman–Crippen MR) is 242 cm³/mol. The monoisotopic (exact) mass is 952 g/mol. The van der Waals surface area contributed by atoms with Gasteiger partial charge in [0.15, 0.2) is 36.2 Å². The Kier molecular flexibility index (Phi) is 19.3. The van der Waals surface area contributed by atoms with Crippen LogP contribution < -0.4 is 0 Å². The lowest BCUT2D eigenvalue weighted by Gasteiger charge is -2.50. The Labute approximate surface area is 395 Å². The Morgan fingerprint density at radius 3 is 2.09 bits per heavy atom. The smallest absolute Gasteiger partial charge is 0.415 e. The molecule has 67 heavy (non-hydrogen) atoms. The number of Topliss-reactive ketones (excluding diaryl/α,β-unsaturated/α-hetero) is 1. The molecule has 0 spiro atoms. The first-order valence-electron chi connectivity index (χ1n) is 23.5. The van der Waals surface area contributed by atoms with Crippen molar-refractivity contribution in [2.24, 2.45) is 22.9 Å². The molecule has 0 N–H and O–H groups in total. The number of hydrogen-bond acceptors (Lipinski definition) is 17. The Balaban J connectivity index is 1.96. The highest BCUT2D eigenvalue weighted by Gasteiger charge is 2.57. The van der Waals surface area contributed by atoms with Crippen LogP contribution in [-0.2, 0) is 66.5 Å². The van der Waals surface area contributed by atoms with E-state index in [1.54, 1.807) is 48.5 Å². The van der Waals surface area contributed by atoms with Crippen molar-refractivity contribution >= 4 is 29.8 Å². The topological polar surface area (TPSA) is 233 Å². The summed E-state index contributed by atoms with van der Waals surface area (Å²) in [7, 11) is 6.78. The molecule has 4 heterocycles. The number of esters is 3. The third kappa shape index (κ3) is 12.5. The third-order valence-electron chi connectivity index (χ3n) is 14.1. The number of ketones is 1. The summed E-state index contributed by atoms with van der Waals surface area (Å²) in [6.45, 7) is 20.6. The lowest BCUT2D eigenvalue weighted by atomic mass is 9.75. The molecule has 1 amide bonds. The largest absolute Gasteiger partial charge is 0.457 e. The molecule has 380 valence electrons. The van der Waals surface area contributed by atoms with Crippen molar-refractivity contribution in [1.29, 1.82) is 0 Å². The minimum absolute atomic E-state index is 0.0583. The van der Waals surface area contributed by atoms with E-state index in [9.17, 15) is 24.0 Å². The van der Waals surface area contributed by atoms with Gasteiger partial charge < -0.3 is 52.3 Å². The molecule has 0 radical (unpaired) electrons. The minimum Gasteiger partial charge on any atom is -0.457 e. The van der Waals surface area contributed by atoms with E-state index in [1.165, 1.54) is 33.0 Å². The van der Waals surface area contributed by atoms with Crippen LogP contribution in [0.25, 0.3) is 10.4 Å². The van der Waals surface area contributed by atoms with Crippen LogP contribution in [-0.4, -0.2) is 159 Å². The quantitative estimate of drug-likeness (QED) is 0.0431. The zero-order valence-electron chi connectivity index (χ0n) is 42.5. The molecule has 16 atom stereocenters. The summed E-state index contributed by atoms with van der Waals surface area (Å²) in [4.78, 5) is 74.9. The Bertz CT molecular complexity index is 1860. The first kappa shape index (κ1) is 55.7. The van der Waals surface area contributed by atoms with Crippen molar-refractivity contribution in [2.75, 3.05) is 41.4 Å². The van der Waals surface area contributed by atoms with E-state index in [-0.39, 0.29) is 61.6 Å². The molecule has 3 saturated heterocycles. The van der Waals surface area contributed by atoms with Crippen molar-refractivity contribution in [3.63, 3.8) is 0 Å². The zero-order chi connectivity index (χ0) is 50.3. The van der Waals surface area contributed by atoms with E-state index in [2.05, 4.69) is 10.0 Å². The summed E-state index contributed by atoms with van der Waals surface area (Å²) in [6.07, 6.45) is -7.11. The van der Waals surface area contributed by atoms with Gasteiger partial charge in [0.1, 0.15) is 11.7 Å². The number of azide groups is 1. The molecule has 0 saturated carbocycles. The summed E-state index contributed by atoms with van der Waals surface area (Å²) in [5.74, 6) is -4.71. The van der Waals surface area contributed by atoms with Gasteiger partial charge in [0.2, 0.25) is 0 Å². The molecular formula is C47H77N5O15. The van der Waals surface area contributed by atoms with E-state index in [4.69, 9.17) is 52.9 Å². The molecule has 20 heteroatoms. The number of fused-ring (bicyclic) bond motifs is 1. The van der Waals surface area contributed by atoms with Crippen LogP contribution in [0.4, 0.5) is 4.79 Å². The number of likely N-dealkylation sites (N-methyl/N-ethyl adjacent to an activating group) is 1. The van der Waals surface area contributed by atoms with E-state index in [0.717, 1.165) is 0 Å². The molecule has 0 aromatic carbocycles. The van der Waals surface area contributed by atoms with E-state index < -0.39 is 108 Å². The molecule has 0 bridgehead atoms. The van der Waals surface area contributed by atoms with Gasteiger partial charge >= 0.3 is 24.0 Å². The van der Waals surface area contributed by atoms with Gasteiger partial charge in [-0.1, -0.05) is 25.9 Å². The van der Waals surface area contributed by atoms with Crippen molar-refractivity contribution in [2.45, 2.75) is 200 Å². The molecule has 4 aliphatic heterocycles. The fourth-order valence-electron chi connectivity index (χ4n) is 10.6. The summed E-state index contributed by atoms with van der Waals surface area (Å²) < 4.78 is 63.7. The van der Waals surface area contributed by atoms with Gasteiger partial charge in [0.25, 0.3) is 0 Å². The molecule has 4 rings (SSSR count). The van der Waals surface area contributed by atoms with Crippen molar-refractivity contribution in [1.82, 2.24) is 9.80 Å². The van der Waals surface area contributed by atoms with Gasteiger partial charge in [-0.3, -0.25) is 24.1 Å². The van der Waals surface area contributed by atoms with Gasteiger partial charge in [-0.05, 0) is 100 Å². The second-order valence-corrected chi connectivity index (χ2v) is 19.6. The lowest BCUT2D eigenvalue weighted by Crippen LogP contribution is -2.61. The molecular weight excluding hydrogens is 875 g/mol. The van der Waals surface area contributed by atoms with Gasteiger partial charge in [0, 0.05) is 69.9 Å². The SMILES string of the molecule is CC[C@H]1OC(=O)[C@H](C)[C@@H](O[C@H]2C[C@@](C)(OC)[C@@H](OC(C)=O)[C@H](C)O2)[C@H](C)[C@@H](OC2O[C@H](C)C[C@H](N(C)C)[C@H]2OC(C)=O)[C@@](C)(OC)C[C@@H](C)C(=O)/C(C)=C2\N(CCCCN=[N+]=[N-])C(=O)O[C@@]21C. The zero-order valence-corrected chi connectivity index (χ0v) is 42.5. The Morgan fingerprint density at radius 2 is 1.52 bits per heavy atom. The maximum absolute atomic E-state index is 15.0. The summed E-state index contributed by atoms with van der Waals surface area (Å²) >= 11 is 0. The highest BCUT2D eigenvalue weighted by atomic mass is 16.7. The number of rotatable bonds is 15. The number of allylic oxidation sites excluding steroid dienone is 1. The molecule has 0 aromatic heterocycles. The number of ether oxygens (including phenoxy) is 10. The Morgan fingerprint density at radius 1 is 0.896 bits per heavy atom. The molecule has 0 aromatic rings. The number of carbonyl (C=O) groups is 5. The summed E-state index contributed by atoms with van der Waals surface area (Å²) in [6, 6.07) is -0.316. The molecule has 3 fully saturated rings. The predicted octanol–water partition coefficient (Wildman–Crippen LogP) is 6.41. The lowest BCUT2D eigenvalue weighted by molar-refractivity contribution is -0.320. The van der Waals surface area contributed by atoms with Crippen molar-refractivity contribution < 1.29 is 71.3 Å². The highest BCUT2D eigenvalue weighted by molar-refractivity contribution is 5.98. The highest BCUT2D eigenvalue weighted by Crippen LogP contribution is 2.45. The first-order valence-corrected chi connectivity index (χ1v) is 23.5. The third-order valence-corrected chi connectivity index (χ3v) is 14.1. The normalized spacial score (nSPS) is 40.0. The summed E-state index contributed by atoms with van der Waals surface area (Å²) in [5, 5.41) is 3.61. The fourth-order valence-corrected chi connectivity index (χ4v) is 10.6. The van der Waals surface area contributed by atoms with Crippen LogP contribution >= 0.6 is 0 Å². The standard InChI is InChI=1S/C47H77N5O15/c1-17-34-47(12)39(52(44(57)67-47)21-19-18-20-49-50-48)27(4)36(55)25(2)23-45(10,58-15)40(66-43-38(62-31(8)53)33(51(13)14)22-26(3)60-43)28(5)37(29(6)42(56)64-34)65-35-24-46(11,59-16)41(30(7)61-35)63-32(9)54/h25-26,28-30,33-35,37-38,40-41,43H,17-24H2,1-16H3/b39-27-/t25-,26-,28+,29-,30+,33+,34-,35+,37+,38-,40-,41+,43?,45+,46-,47-/m1/s1. The second-order valence-electron chi connectivity index (χ2n) is 19.6. The van der Waals surface area contributed by atoms with Crippen LogP contribution in [0.2, 0.25) is 0 Å². The van der Waals surface area contributed by atoms with Crippen LogP contribution in [0.15, 0.2) is 16.4 Å². The van der Waals surface area contributed by atoms with Gasteiger partial charge in [0.05, 0.1) is 47.7 Å². The number of hydrogen-bond donors (Lipinski definition) is 0. The van der Waals surface area contributed by atoms with E-state index >= 15 is 0 Å². The van der Waals surface area contributed by atoms with E-state index in [1.807, 2.05) is 39.8 Å². The molecule has 20 nitrogen and oxygen atoms in total. The fraction of sp³-hybridized carbons (Fsp3) is 0.851. The maximum Gasteiger partial charge on any atom is 0.415 e. The number of amides is 1. The minimum atomic E-state index is -1.59. The van der Waals surface area contributed by atoms with Crippen LogP contribution in [0, 0.1) is 17.8 Å². The first-order chi connectivity index (χ1) is 31.3. The number of methoxy groups -OCH3 is 2. The number of nitrogens with zero attached hydrogens (tertiary/aromatic N) is 5. The van der Waals surface area contributed by atoms with E-state index in [0.29, 0.717) is 19.3 Å². The maximum atomic E-state index is 15.0. The van der Waals surface area contributed by atoms with Crippen LogP contribution in [0.1, 0.15) is 122 Å². The molecule has 4 aliphatic rings. The van der Waals surface area contributed by atoms with Crippen molar-refractivity contribution in [3.8, 4) is 0 Å². The Hall–Kier alpha value is -3.88. The average molecular weight is 952 g/mol. The van der Waals surface area contributed by atoms with Crippen LogP contribution in [0.5, 0.6) is 0 Å². The number of cyclic esters (lactones) is 1. The average Bonchev–Trinajstić information content (AvgIpc) is 3.52. The van der Waals surface area contributed by atoms with Crippen molar-refractivity contribution in [3.05, 3.63) is 21.7 Å². The number of unbranched alkanes of at least 4 members (excludes halogenated alkanes) is 1. The van der Waals surface area contributed by atoms with Gasteiger partial charge in [-0.2, -0.15) is 0 Å².